The van der Waals surface area contributed by atoms with E-state index in [9.17, 15) is 4.79 Å². The highest BCUT2D eigenvalue weighted by Gasteiger charge is 2.22. The van der Waals surface area contributed by atoms with Gasteiger partial charge in [0.25, 0.3) is 0 Å². The van der Waals surface area contributed by atoms with Crippen molar-refractivity contribution >= 4 is 17.7 Å². The Balaban J connectivity index is 1.66. The Morgan fingerprint density at radius 2 is 1.96 bits per heavy atom. The zero-order valence-electron chi connectivity index (χ0n) is 16.6. The van der Waals surface area contributed by atoms with Gasteiger partial charge in [-0.05, 0) is 29.7 Å². The van der Waals surface area contributed by atoms with E-state index in [0.717, 1.165) is 25.1 Å². The van der Waals surface area contributed by atoms with E-state index in [1.54, 1.807) is 0 Å². The van der Waals surface area contributed by atoms with E-state index in [4.69, 9.17) is 5.84 Å². The molecule has 0 saturated carbocycles. The lowest BCUT2D eigenvalue weighted by atomic mass is 9.87. The van der Waals surface area contributed by atoms with Crippen molar-refractivity contribution in [2.24, 2.45) is 5.92 Å². The summed E-state index contributed by atoms with van der Waals surface area (Å²) in [6, 6.07) is 8.22. The number of thioether (sulfide) groups is 1. The number of hydrogen-bond acceptors (Lipinski definition) is 5. The Kier molecular flexibility index (Phi) is 5.79. The fraction of sp³-hybridized carbons (Fsp3) is 0.550. The molecule has 146 valence electrons. The number of benzene rings is 1. The summed E-state index contributed by atoms with van der Waals surface area (Å²) in [6.07, 6.45) is 2.28. The van der Waals surface area contributed by atoms with E-state index >= 15 is 0 Å². The van der Waals surface area contributed by atoms with Crippen LogP contribution in [-0.2, 0) is 10.2 Å². The summed E-state index contributed by atoms with van der Waals surface area (Å²) in [5, 5.41) is 8.96. The van der Waals surface area contributed by atoms with Crippen LogP contribution in [0.5, 0.6) is 0 Å². The molecule has 2 aromatic rings. The molecule has 7 heteroatoms. The van der Waals surface area contributed by atoms with Gasteiger partial charge in [-0.2, -0.15) is 0 Å². The predicted molar refractivity (Wildman–Crippen MR) is 110 cm³/mol. The fourth-order valence-corrected chi connectivity index (χ4v) is 4.08. The van der Waals surface area contributed by atoms with Crippen molar-refractivity contribution in [3.63, 3.8) is 0 Å². The molecule has 0 aliphatic carbocycles. The first kappa shape index (κ1) is 19.7. The summed E-state index contributed by atoms with van der Waals surface area (Å²) >= 11 is 1.35. The number of aromatic nitrogens is 3. The van der Waals surface area contributed by atoms with Gasteiger partial charge in [0.15, 0.2) is 5.82 Å². The number of piperidine rings is 1. The molecule has 1 aliphatic heterocycles. The third-order valence-corrected chi connectivity index (χ3v) is 5.94. The molecule has 0 radical (unpaired) electrons. The van der Waals surface area contributed by atoms with Gasteiger partial charge >= 0.3 is 0 Å². The van der Waals surface area contributed by atoms with Crippen LogP contribution in [0, 0.1) is 5.92 Å². The first-order valence-electron chi connectivity index (χ1n) is 9.47. The van der Waals surface area contributed by atoms with Gasteiger partial charge in [0.05, 0.1) is 5.75 Å². The molecule has 0 spiro atoms. The zero-order valence-corrected chi connectivity index (χ0v) is 17.4. The molecule has 2 N–H and O–H groups in total. The molecule has 6 nitrogen and oxygen atoms in total. The van der Waals surface area contributed by atoms with Gasteiger partial charge in [-0.1, -0.05) is 63.7 Å². The molecular weight excluding hydrogens is 358 g/mol. The molecular formula is C20H29N5OS. The molecule has 1 fully saturated rings. The predicted octanol–water partition coefficient (Wildman–Crippen LogP) is 3.31. The summed E-state index contributed by atoms with van der Waals surface area (Å²) < 4.78 is 1.48. The Bertz CT molecular complexity index is 794. The van der Waals surface area contributed by atoms with Gasteiger partial charge in [-0.15, -0.1) is 10.2 Å². The lowest BCUT2D eigenvalue weighted by molar-refractivity contribution is -0.130. The number of rotatable bonds is 4. The highest BCUT2D eigenvalue weighted by Crippen LogP contribution is 2.27. The van der Waals surface area contributed by atoms with Gasteiger partial charge < -0.3 is 10.7 Å². The number of carbonyl (C=O) groups is 1. The van der Waals surface area contributed by atoms with Crippen LogP contribution in [0.25, 0.3) is 11.4 Å². The van der Waals surface area contributed by atoms with Gasteiger partial charge in [-0.25, -0.2) is 4.68 Å². The molecule has 1 saturated heterocycles. The molecule has 0 unspecified atom stereocenters. The van der Waals surface area contributed by atoms with E-state index in [1.807, 2.05) is 17.0 Å². The number of nitrogens with zero attached hydrogens (tertiary/aromatic N) is 4. The highest BCUT2D eigenvalue weighted by atomic mass is 32.2. The Morgan fingerprint density at radius 3 is 2.59 bits per heavy atom. The second kappa shape index (κ2) is 7.92. The topological polar surface area (TPSA) is 77.0 Å². The maximum Gasteiger partial charge on any atom is 0.233 e. The summed E-state index contributed by atoms with van der Waals surface area (Å²) in [5.41, 5.74) is 2.27. The van der Waals surface area contributed by atoms with Gasteiger partial charge in [0, 0.05) is 18.7 Å². The summed E-state index contributed by atoms with van der Waals surface area (Å²) in [7, 11) is 0. The third kappa shape index (κ3) is 4.64. The van der Waals surface area contributed by atoms with Crippen LogP contribution in [0.15, 0.2) is 29.4 Å². The maximum atomic E-state index is 12.4. The van der Waals surface area contributed by atoms with Crippen molar-refractivity contribution in [3.8, 4) is 11.4 Å². The monoisotopic (exact) mass is 387 g/mol. The molecule has 0 bridgehead atoms. The number of nitrogens with two attached hydrogens (primary N) is 1. The van der Waals surface area contributed by atoms with E-state index in [-0.39, 0.29) is 11.3 Å². The van der Waals surface area contributed by atoms with Crippen molar-refractivity contribution in [2.75, 3.05) is 24.7 Å². The Morgan fingerprint density at radius 1 is 1.26 bits per heavy atom. The van der Waals surface area contributed by atoms with Gasteiger partial charge in [0.2, 0.25) is 11.1 Å². The van der Waals surface area contributed by atoms with Crippen molar-refractivity contribution in [1.82, 2.24) is 19.8 Å². The van der Waals surface area contributed by atoms with E-state index < -0.39 is 0 Å². The second-order valence-corrected chi connectivity index (χ2v) is 9.32. The van der Waals surface area contributed by atoms with Gasteiger partial charge in [-0.3, -0.25) is 4.79 Å². The van der Waals surface area contributed by atoms with Crippen molar-refractivity contribution in [2.45, 2.75) is 51.1 Å². The minimum atomic E-state index is 0.0994. The summed E-state index contributed by atoms with van der Waals surface area (Å²) in [4.78, 5) is 14.4. The first-order valence-corrected chi connectivity index (χ1v) is 10.5. The van der Waals surface area contributed by atoms with Crippen LogP contribution in [-0.4, -0.2) is 44.5 Å². The molecule has 3 rings (SSSR count). The van der Waals surface area contributed by atoms with Crippen LogP contribution < -0.4 is 5.84 Å². The number of nitrogen functional groups attached to an aromatic ring is 1. The van der Waals surface area contributed by atoms with E-state index in [1.165, 1.54) is 28.4 Å². The lowest BCUT2D eigenvalue weighted by Crippen LogP contribution is -2.40. The second-order valence-electron chi connectivity index (χ2n) is 8.38. The summed E-state index contributed by atoms with van der Waals surface area (Å²) in [6.45, 7) is 10.4. The fourth-order valence-electron chi connectivity index (χ4n) is 3.33. The molecule has 1 aliphatic rings. The van der Waals surface area contributed by atoms with Crippen LogP contribution in [0.1, 0.15) is 46.1 Å². The molecule has 1 aromatic heterocycles. The Labute approximate surface area is 165 Å². The normalized spacial score (nSPS) is 17.9. The highest BCUT2D eigenvalue weighted by molar-refractivity contribution is 7.99. The first-order chi connectivity index (χ1) is 12.8. The SMILES string of the molecule is C[C@@H]1CCCN(C(=O)CSc2nnc(-c3ccc(C(C)(C)C)cc3)n2N)C1. The quantitative estimate of drug-likeness (QED) is 0.643. The zero-order chi connectivity index (χ0) is 19.6. The Hall–Kier alpha value is -2.02. The minimum absolute atomic E-state index is 0.0994. The third-order valence-electron chi connectivity index (χ3n) is 5.01. The van der Waals surface area contributed by atoms with Crippen molar-refractivity contribution < 1.29 is 4.79 Å². The van der Waals surface area contributed by atoms with Gasteiger partial charge in [0.1, 0.15) is 0 Å². The molecule has 27 heavy (non-hydrogen) atoms. The van der Waals surface area contributed by atoms with E-state index in [2.05, 4.69) is 50.0 Å². The average molecular weight is 388 g/mol. The number of amides is 1. The van der Waals surface area contributed by atoms with E-state index in [0.29, 0.717) is 22.7 Å². The molecule has 1 amide bonds. The van der Waals surface area contributed by atoms with Crippen LogP contribution in [0.2, 0.25) is 0 Å². The maximum absolute atomic E-state index is 12.4. The van der Waals surface area contributed by atoms with Crippen LogP contribution in [0.3, 0.4) is 0 Å². The average Bonchev–Trinajstić information content (AvgIpc) is 2.99. The number of carbonyl (C=O) groups excluding carboxylic acids is 1. The largest absolute Gasteiger partial charge is 0.342 e. The number of hydrogen-bond donors (Lipinski definition) is 1. The lowest BCUT2D eigenvalue weighted by Gasteiger charge is -2.30. The van der Waals surface area contributed by atoms with Crippen molar-refractivity contribution in [3.05, 3.63) is 29.8 Å². The smallest absolute Gasteiger partial charge is 0.233 e. The number of likely N-dealkylation sites (tertiary alicyclic amines) is 1. The standard InChI is InChI=1S/C20H29N5OS/c1-14-6-5-11-24(12-14)17(26)13-27-19-23-22-18(25(19)21)15-7-9-16(10-8-15)20(2,3)4/h7-10,14H,5-6,11-13,21H2,1-4H3/t14-/m1/s1. The molecule has 1 atom stereocenters. The van der Waals surface area contributed by atoms with Crippen molar-refractivity contribution in [1.29, 1.82) is 0 Å². The summed E-state index contributed by atoms with van der Waals surface area (Å²) in [5.74, 6) is 7.86. The molecule has 1 aromatic carbocycles. The minimum Gasteiger partial charge on any atom is -0.342 e. The van der Waals surface area contributed by atoms with Crippen LogP contribution >= 0.6 is 11.8 Å². The van der Waals surface area contributed by atoms with Crippen LogP contribution in [0.4, 0.5) is 0 Å². The molecule has 2 heterocycles.